The number of nitrogens with zero attached hydrogens (tertiary/aromatic N) is 1. The van der Waals surface area contributed by atoms with Gasteiger partial charge < -0.3 is 14.7 Å². The molecule has 0 saturated heterocycles. The Morgan fingerprint density at radius 1 is 1.69 bits per heavy atom. The maximum Gasteiger partial charge on any atom is 0.410 e. The lowest BCUT2D eigenvalue weighted by atomic mass is 10.3. The van der Waals surface area contributed by atoms with E-state index in [1.165, 1.54) is 11.0 Å². The molecule has 0 aliphatic rings. The van der Waals surface area contributed by atoms with Crippen LogP contribution in [0.3, 0.4) is 0 Å². The van der Waals surface area contributed by atoms with Crippen LogP contribution in [0.25, 0.3) is 0 Å². The Labute approximate surface area is 78.8 Å². The van der Waals surface area contributed by atoms with E-state index >= 15 is 0 Å². The van der Waals surface area contributed by atoms with E-state index in [1.807, 2.05) is 13.8 Å². The molecule has 0 rings (SSSR count). The summed E-state index contributed by atoms with van der Waals surface area (Å²) in [6.45, 7) is 7.62. The first-order valence-electron chi connectivity index (χ1n) is 4.28. The van der Waals surface area contributed by atoms with E-state index in [0.717, 1.165) is 0 Å². The Bertz CT molecular complexity index is 168. The molecule has 0 atom stereocenters. The van der Waals surface area contributed by atoms with Gasteiger partial charge in [0.25, 0.3) is 0 Å². The molecule has 0 aliphatic carbocycles. The highest BCUT2D eigenvalue weighted by Crippen LogP contribution is 2.00. The average molecular weight is 187 g/mol. The van der Waals surface area contributed by atoms with Gasteiger partial charge >= 0.3 is 6.09 Å². The number of amides is 1. The van der Waals surface area contributed by atoms with Gasteiger partial charge in [0, 0.05) is 12.6 Å². The molecule has 0 bridgehead atoms. The molecule has 0 fully saturated rings. The van der Waals surface area contributed by atoms with Crippen molar-refractivity contribution in [2.24, 2.45) is 0 Å². The van der Waals surface area contributed by atoms with Crippen molar-refractivity contribution in [1.82, 2.24) is 4.90 Å². The van der Waals surface area contributed by atoms with Gasteiger partial charge in [-0.1, -0.05) is 12.7 Å². The molecular weight excluding hydrogens is 170 g/mol. The van der Waals surface area contributed by atoms with Crippen molar-refractivity contribution in [3.05, 3.63) is 12.7 Å². The number of ether oxygens (including phenoxy) is 1. The highest BCUT2D eigenvalue weighted by atomic mass is 16.6. The minimum atomic E-state index is -0.413. The molecule has 4 heteroatoms. The summed E-state index contributed by atoms with van der Waals surface area (Å²) in [4.78, 5) is 12.7. The van der Waals surface area contributed by atoms with Gasteiger partial charge in [-0.2, -0.15) is 0 Å². The fourth-order valence-corrected chi connectivity index (χ4v) is 0.881. The summed E-state index contributed by atoms with van der Waals surface area (Å²) in [7, 11) is 0. The zero-order chi connectivity index (χ0) is 10.3. The second-order valence-corrected chi connectivity index (χ2v) is 2.88. The fourth-order valence-electron chi connectivity index (χ4n) is 0.881. The van der Waals surface area contributed by atoms with Crippen LogP contribution in [0.1, 0.15) is 13.8 Å². The topological polar surface area (TPSA) is 49.8 Å². The molecule has 0 saturated carbocycles. The minimum Gasteiger partial charge on any atom is -0.445 e. The van der Waals surface area contributed by atoms with Gasteiger partial charge in [0.2, 0.25) is 0 Å². The Morgan fingerprint density at radius 3 is 2.69 bits per heavy atom. The Hall–Kier alpha value is -1.03. The quantitative estimate of drug-likeness (QED) is 0.653. The van der Waals surface area contributed by atoms with Crippen LogP contribution < -0.4 is 0 Å². The Morgan fingerprint density at radius 2 is 2.31 bits per heavy atom. The van der Waals surface area contributed by atoms with Crippen molar-refractivity contribution in [3.8, 4) is 0 Å². The second-order valence-electron chi connectivity index (χ2n) is 2.88. The van der Waals surface area contributed by atoms with Gasteiger partial charge in [-0.15, -0.1) is 0 Å². The molecule has 0 unspecified atom stereocenters. The van der Waals surface area contributed by atoms with Gasteiger partial charge in [0.05, 0.1) is 6.61 Å². The predicted octanol–water partition coefficient (Wildman–Crippen LogP) is 1.01. The molecule has 0 radical (unpaired) electrons. The largest absolute Gasteiger partial charge is 0.445 e. The lowest BCUT2D eigenvalue weighted by Crippen LogP contribution is -2.39. The maximum absolute atomic E-state index is 11.3. The van der Waals surface area contributed by atoms with Gasteiger partial charge in [-0.3, -0.25) is 0 Å². The van der Waals surface area contributed by atoms with Crippen LogP contribution in [0, 0.1) is 0 Å². The number of aliphatic hydroxyl groups excluding tert-OH is 1. The average Bonchev–Trinajstić information content (AvgIpc) is 2.09. The zero-order valence-corrected chi connectivity index (χ0v) is 8.19. The van der Waals surface area contributed by atoms with E-state index in [1.54, 1.807) is 0 Å². The standard InChI is InChI=1S/C9H17NO3/c1-4-7-13-9(12)10(5-6-11)8(2)3/h4,8,11H,1,5-7H2,2-3H3. The molecule has 0 spiro atoms. The summed E-state index contributed by atoms with van der Waals surface area (Å²) in [6.07, 6.45) is 1.10. The normalized spacial score (nSPS) is 9.85. The van der Waals surface area contributed by atoms with Crippen molar-refractivity contribution >= 4 is 6.09 Å². The first-order valence-corrected chi connectivity index (χ1v) is 4.28. The lowest BCUT2D eigenvalue weighted by Gasteiger charge is -2.24. The number of carbonyl (C=O) groups is 1. The molecule has 0 aromatic heterocycles. The van der Waals surface area contributed by atoms with Crippen LogP contribution in [0.5, 0.6) is 0 Å². The second kappa shape index (κ2) is 6.48. The third-order valence-corrected chi connectivity index (χ3v) is 1.52. The van der Waals surface area contributed by atoms with E-state index in [2.05, 4.69) is 6.58 Å². The van der Waals surface area contributed by atoms with Crippen molar-refractivity contribution in [3.63, 3.8) is 0 Å². The molecule has 4 nitrogen and oxygen atoms in total. The SMILES string of the molecule is C=CCOC(=O)N(CCO)C(C)C. The molecule has 1 N–H and O–H groups in total. The van der Waals surface area contributed by atoms with Crippen LogP contribution >= 0.6 is 0 Å². The van der Waals surface area contributed by atoms with Gasteiger partial charge in [0.15, 0.2) is 0 Å². The number of aliphatic hydroxyl groups is 1. The van der Waals surface area contributed by atoms with Crippen LogP contribution in [-0.4, -0.2) is 41.9 Å². The van der Waals surface area contributed by atoms with E-state index in [0.29, 0.717) is 6.54 Å². The molecule has 0 aliphatic heterocycles. The molecule has 0 aromatic carbocycles. The van der Waals surface area contributed by atoms with Crippen LogP contribution in [0.4, 0.5) is 4.79 Å². The number of rotatable bonds is 5. The van der Waals surface area contributed by atoms with E-state index in [9.17, 15) is 4.79 Å². The van der Waals surface area contributed by atoms with Crippen LogP contribution in [0.2, 0.25) is 0 Å². The van der Waals surface area contributed by atoms with Gasteiger partial charge in [-0.25, -0.2) is 4.79 Å². The summed E-state index contributed by atoms with van der Waals surface area (Å²) in [5.41, 5.74) is 0. The molecule has 76 valence electrons. The Kier molecular flexibility index (Phi) is 5.97. The van der Waals surface area contributed by atoms with Crippen molar-refractivity contribution in [1.29, 1.82) is 0 Å². The van der Waals surface area contributed by atoms with Crippen molar-refractivity contribution in [2.45, 2.75) is 19.9 Å². The summed E-state index contributed by atoms with van der Waals surface area (Å²) in [5, 5.41) is 8.69. The van der Waals surface area contributed by atoms with Gasteiger partial charge in [-0.05, 0) is 13.8 Å². The third kappa shape index (κ3) is 4.52. The maximum atomic E-state index is 11.3. The Balaban J connectivity index is 4.03. The summed E-state index contributed by atoms with van der Waals surface area (Å²) < 4.78 is 4.82. The van der Waals surface area contributed by atoms with Crippen molar-refractivity contribution in [2.75, 3.05) is 19.8 Å². The number of hydrogen-bond donors (Lipinski definition) is 1. The first kappa shape index (κ1) is 12.0. The number of hydrogen-bond acceptors (Lipinski definition) is 3. The monoisotopic (exact) mass is 187 g/mol. The summed E-state index contributed by atoms with van der Waals surface area (Å²) in [6, 6.07) is 0.0319. The van der Waals surface area contributed by atoms with Crippen molar-refractivity contribution < 1.29 is 14.6 Å². The lowest BCUT2D eigenvalue weighted by molar-refractivity contribution is 0.0909. The highest BCUT2D eigenvalue weighted by molar-refractivity contribution is 5.68. The first-order chi connectivity index (χ1) is 6.13. The van der Waals surface area contributed by atoms with Crippen LogP contribution in [-0.2, 0) is 4.74 Å². The van der Waals surface area contributed by atoms with E-state index < -0.39 is 6.09 Å². The third-order valence-electron chi connectivity index (χ3n) is 1.52. The molecule has 13 heavy (non-hydrogen) atoms. The predicted molar refractivity (Wildman–Crippen MR) is 50.5 cm³/mol. The smallest absolute Gasteiger partial charge is 0.410 e. The molecule has 0 heterocycles. The zero-order valence-electron chi connectivity index (χ0n) is 8.19. The van der Waals surface area contributed by atoms with Crippen LogP contribution in [0.15, 0.2) is 12.7 Å². The summed E-state index contributed by atoms with van der Waals surface area (Å²) >= 11 is 0. The molecular formula is C9H17NO3. The van der Waals surface area contributed by atoms with E-state index in [4.69, 9.17) is 9.84 Å². The number of carbonyl (C=O) groups excluding carboxylic acids is 1. The fraction of sp³-hybridized carbons (Fsp3) is 0.667. The molecule has 1 amide bonds. The molecule has 0 aromatic rings. The highest BCUT2D eigenvalue weighted by Gasteiger charge is 2.16. The van der Waals surface area contributed by atoms with Gasteiger partial charge in [0.1, 0.15) is 6.61 Å². The summed E-state index contributed by atoms with van der Waals surface area (Å²) in [5.74, 6) is 0. The van der Waals surface area contributed by atoms with E-state index in [-0.39, 0.29) is 19.3 Å². The minimum absolute atomic E-state index is 0.0319.